The average Bonchev–Trinajstić information content (AvgIpc) is 2.98. The lowest BCUT2D eigenvalue weighted by molar-refractivity contribution is 0.407. The number of thiazole rings is 1. The summed E-state index contributed by atoms with van der Waals surface area (Å²) < 4.78 is 19.1. The summed E-state index contributed by atoms with van der Waals surface area (Å²) in [6, 6.07) is 5.01. The van der Waals surface area contributed by atoms with Gasteiger partial charge in [0.15, 0.2) is 0 Å². The first kappa shape index (κ1) is 14.9. The van der Waals surface area contributed by atoms with Crippen molar-refractivity contribution in [2.45, 2.75) is 32.4 Å². The van der Waals surface area contributed by atoms with Gasteiger partial charge < -0.3 is 10.1 Å². The quantitative estimate of drug-likeness (QED) is 0.871. The maximum atomic E-state index is 14.1. The molecule has 1 aromatic heterocycles. The summed E-state index contributed by atoms with van der Waals surface area (Å²) in [4.78, 5) is 4.33. The van der Waals surface area contributed by atoms with Gasteiger partial charge in [0.05, 0.1) is 13.2 Å². The van der Waals surface area contributed by atoms with E-state index in [1.165, 1.54) is 13.2 Å². The summed E-state index contributed by atoms with van der Waals surface area (Å²) in [7, 11) is 1.53. The predicted molar refractivity (Wildman–Crippen MR) is 79.6 cm³/mol. The lowest BCUT2D eigenvalue weighted by Crippen LogP contribution is -2.24. The van der Waals surface area contributed by atoms with Crippen LogP contribution in [0.3, 0.4) is 0 Å². The maximum Gasteiger partial charge on any atom is 0.131 e. The molecular formula is C15H19FN2OS. The van der Waals surface area contributed by atoms with Gasteiger partial charge in [-0.05, 0) is 19.4 Å². The highest BCUT2D eigenvalue weighted by molar-refractivity contribution is 7.09. The van der Waals surface area contributed by atoms with Crippen molar-refractivity contribution in [3.8, 4) is 5.75 Å². The van der Waals surface area contributed by atoms with Crippen LogP contribution in [0.4, 0.5) is 4.39 Å². The number of nitrogens with one attached hydrogen (secondary N) is 1. The van der Waals surface area contributed by atoms with Gasteiger partial charge in [-0.3, -0.25) is 0 Å². The minimum Gasteiger partial charge on any atom is -0.497 e. The Bertz CT molecular complexity index is 545. The van der Waals surface area contributed by atoms with E-state index >= 15 is 0 Å². The van der Waals surface area contributed by atoms with Crippen LogP contribution in [-0.2, 0) is 0 Å². The second-order valence-corrected chi connectivity index (χ2v) is 5.53. The average molecular weight is 294 g/mol. The van der Waals surface area contributed by atoms with Gasteiger partial charge in [0.25, 0.3) is 0 Å². The van der Waals surface area contributed by atoms with E-state index in [2.05, 4.69) is 17.2 Å². The Morgan fingerprint density at radius 3 is 2.80 bits per heavy atom. The van der Waals surface area contributed by atoms with Crippen molar-refractivity contribution < 1.29 is 9.13 Å². The third-order valence-corrected chi connectivity index (χ3v) is 4.17. The third kappa shape index (κ3) is 3.35. The number of rotatable bonds is 6. The normalized spacial score (nSPS) is 14.0. The molecular weight excluding hydrogens is 275 g/mol. The standard InChI is InChI=1S/C15H19FN2OS/c1-4-14(15-17-7-8-20-15)18-10(2)12-6-5-11(19-3)9-13(12)16/h5-10,14,18H,4H2,1-3H3. The lowest BCUT2D eigenvalue weighted by Gasteiger charge is -2.21. The number of halogens is 1. The molecule has 1 heterocycles. The lowest BCUT2D eigenvalue weighted by atomic mass is 10.1. The Labute approximate surface area is 122 Å². The molecule has 0 fully saturated rings. The van der Waals surface area contributed by atoms with Crippen molar-refractivity contribution in [3.63, 3.8) is 0 Å². The molecule has 0 amide bonds. The number of nitrogens with zero attached hydrogens (tertiary/aromatic N) is 1. The largest absolute Gasteiger partial charge is 0.497 e. The molecule has 0 bridgehead atoms. The number of ether oxygens (including phenoxy) is 1. The monoisotopic (exact) mass is 294 g/mol. The molecule has 0 aliphatic carbocycles. The summed E-state index contributed by atoms with van der Waals surface area (Å²) in [6.07, 6.45) is 2.71. The molecule has 3 nitrogen and oxygen atoms in total. The SMILES string of the molecule is CCC(NC(C)c1ccc(OC)cc1F)c1nccs1. The Balaban J connectivity index is 2.13. The van der Waals surface area contributed by atoms with Gasteiger partial charge in [0, 0.05) is 29.2 Å². The number of hydrogen-bond donors (Lipinski definition) is 1. The van der Waals surface area contributed by atoms with E-state index in [9.17, 15) is 4.39 Å². The highest BCUT2D eigenvalue weighted by Gasteiger charge is 2.18. The summed E-state index contributed by atoms with van der Waals surface area (Å²) in [6.45, 7) is 4.05. The van der Waals surface area contributed by atoms with E-state index in [1.54, 1.807) is 29.7 Å². The Kier molecular flexibility index (Phi) is 5.09. The number of hydrogen-bond acceptors (Lipinski definition) is 4. The van der Waals surface area contributed by atoms with Gasteiger partial charge >= 0.3 is 0 Å². The number of methoxy groups -OCH3 is 1. The zero-order valence-electron chi connectivity index (χ0n) is 11.9. The summed E-state index contributed by atoms with van der Waals surface area (Å²) in [5, 5.41) is 6.42. The molecule has 0 spiro atoms. The molecule has 0 saturated heterocycles. The van der Waals surface area contributed by atoms with Crippen LogP contribution < -0.4 is 10.1 Å². The first-order valence-electron chi connectivity index (χ1n) is 6.64. The van der Waals surface area contributed by atoms with Crippen LogP contribution in [0.25, 0.3) is 0 Å². The van der Waals surface area contributed by atoms with E-state index in [-0.39, 0.29) is 17.9 Å². The van der Waals surface area contributed by atoms with Gasteiger partial charge in [0.1, 0.15) is 16.6 Å². The smallest absolute Gasteiger partial charge is 0.131 e. The molecule has 2 rings (SSSR count). The Morgan fingerprint density at radius 2 is 2.25 bits per heavy atom. The van der Waals surface area contributed by atoms with E-state index in [1.807, 2.05) is 12.3 Å². The van der Waals surface area contributed by atoms with Crippen LogP contribution in [0.2, 0.25) is 0 Å². The zero-order valence-corrected chi connectivity index (χ0v) is 12.7. The fourth-order valence-corrected chi connectivity index (χ4v) is 2.93. The molecule has 2 unspecified atom stereocenters. The van der Waals surface area contributed by atoms with Crippen LogP contribution in [0.15, 0.2) is 29.8 Å². The minimum absolute atomic E-state index is 0.0882. The van der Waals surface area contributed by atoms with Crippen LogP contribution >= 0.6 is 11.3 Å². The molecule has 0 saturated carbocycles. The Hall–Kier alpha value is -1.46. The number of aromatic nitrogens is 1. The second-order valence-electron chi connectivity index (χ2n) is 4.61. The van der Waals surface area contributed by atoms with Crippen LogP contribution in [0.5, 0.6) is 5.75 Å². The van der Waals surface area contributed by atoms with Gasteiger partial charge in [-0.25, -0.2) is 9.37 Å². The highest BCUT2D eigenvalue weighted by Crippen LogP contribution is 2.26. The van der Waals surface area contributed by atoms with Crippen molar-refractivity contribution in [1.29, 1.82) is 0 Å². The molecule has 5 heteroatoms. The fraction of sp³-hybridized carbons (Fsp3) is 0.400. The molecule has 1 N–H and O–H groups in total. The van der Waals surface area contributed by atoms with E-state index in [4.69, 9.17) is 4.74 Å². The van der Waals surface area contributed by atoms with E-state index in [0.29, 0.717) is 11.3 Å². The molecule has 2 aromatic rings. The van der Waals surface area contributed by atoms with Crippen LogP contribution in [0, 0.1) is 5.82 Å². The van der Waals surface area contributed by atoms with Gasteiger partial charge in [-0.2, -0.15) is 0 Å². The number of benzene rings is 1. The maximum absolute atomic E-state index is 14.1. The molecule has 1 aromatic carbocycles. The van der Waals surface area contributed by atoms with E-state index < -0.39 is 0 Å². The van der Waals surface area contributed by atoms with Crippen LogP contribution in [0.1, 0.15) is 42.9 Å². The molecule has 0 radical (unpaired) electrons. The van der Waals surface area contributed by atoms with Crippen LogP contribution in [-0.4, -0.2) is 12.1 Å². The predicted octanol–water partition coefficient (Wildman–Crippen LogP) is 4.09. The van der Waals surface area contributed by atoms with Crippen molar-refractivity contribution in [1.82, 2.24) is 10.3 Å². The first-order chi connectivity index (χ1) is 9.65. The first-order valence-corrected chi connectivity index (χ1v) is 7.52. The Morgan fingerprint density at radius 1 is 1.45 bits per heavy atom. The van der Waals surface area contributed by atoms with Crippen molar-refractivity contribution >= 4 is 11.3 Å². The molecule has 0 aliphatic rings. The molecule has 108 valence electrons. The fourth-order valence-electron chi connectivity index (χ4n) is 2.15. The van der Waals surface area contributed by atoms with Gasteiger partial charge in [-0.1, -0.05) is 13.0 Å². The van der Waals surface area contributed by atoms with Gasteiger partial charge in [0.2, 0.25) is 0 Å². The third-order valence-electron chi connectivity index (χ3n) is 3.28. The highest BCUT2D eigenvalue weighted by atomic mass is 32.1. The van der Waals surface area contributed by atoms with Crippen molar-refractivity contribution in [2.24, 2.45) is 0 Å². The molecule has 20 heavy (non-hydrogen) atoms. The minimum atomic E-state index is -0.252. The topological polar surface area (TPSA) is 34.1 Å². The summed E-state index contributed by atoms with van der Waals surface area (Å²) in [5.74, 6) is 0.281. The van der Waals surface area contributed by atoms with Crippen molar-refractivity contribution in [2.75, 3.05) is 7.11 Å². The zero-order chi connectivity index (χ0) is 14.5. The second kappa shape index (κ2) is 6.81. The van der Waals surface area contributed by atoms with Gasteiger partial charge in [-0.15, -0.1) is 11.3 Å². The molecule has 2 atom stereocenters. The summed E-state index contributed by atoms with van der Waals surface area (Å²) >= 11 is 1.62. The van der Waals surface area contributed by atoms with E-state index in [0.717, 1.165) is 11.4 Å². The summed E-state index contributed by atoms with van der Waals surface area (Å²) in [5.41, 5.74) is 0.640. The molecule has 0 aliphatic heterocycles. The van der Waals surface area contributed by atoms with Crippen molar-refractivity contribution in [3.05, 3.63) is 46.2 Å².